The summed E-state index contributed by atoms with van der Waals surface area (Å²) >= 11 is 0. The Hall–Kier alpha value is -2.90. The van der Waals surface area contributed by atoms with Crippen LogP contribution in [0.15, 0.2) is 24.3 Å². The normalized spacial score (nSPS) is 12.9. The second-order valence-electron chi connectivity index (χ2n) is 6.73. The van der Waals surface area contributed by atoms with Crippen molar-refractivity contribution >= 4 is 16.7 Å². The number of fused-ring (bicyclic) bond motifs is 1. The van der Waals surface area contributed by atoms with Crippen LogP contribution in [0.3, 0.4) is 0 Å². The molecule has 3 aromatic rings. The van der Waals surface area contributed by atoms with Crippen LogP contribution >= 0.6 is 0 Å². The van der Waals surface area contributed by atoms with Gasteiger partial charge in [0, 0.05) is 10.9 Å². The largest absolute Gasteiger partial charge is 0.481 e. The molecule has 1 atom stereocenters. The molecule has 0 saturated carbocycles. The highest BCUT2D eigenvalue weighted by atomic mass is 19.4. The molecule has 1 N–H and O–H groups in total. The number of methoxy groups -OCH3 is 1. The van der Waals surface area contributed by atoms with Crippen LogP contribution in [-0.2, 0) is 6.18 Å². The van der Waals surface area contributed by atoms with Gasteiger partial charge in [0.2, 0.25) is 5.88 Å². The number of rotatable bonds is 4. The van der Waals surface area contributed by atoms with Crippen molar-refractivity contribution < 1.29 is 17.9 Å². The summed E-state index contributed by atoms with van der Waals surface area (Å²) in [5.74, 6) is 0.958. The third kappa shape index (κ3) is 3.58. The lowest BCUT2D eigenvalue weighted by molar-refractivity contribution is -0.138. The van der Waals surface area contributed by atoms with Gasteiger partial charge in [-0.05, 0) is 51.0 Å². The molecule has 0 aliphatic carbocycles. The first-order valence-electron chi connectivity index (χ1n) is 8.75. The number of halogens is 3. The highest BCUT2D eigenvalue weighted by Gasteiger charge is 2.33. The fraction of sp³-hybridized carbons (Fsp3) is 0.350. The minimum atomic E-state index is -4.40. The minimum absolute atomic E-state index is 0.190. The molecule has 0 amide bonds. The van der Waals surface area contributed by atoms with Crippen molar-refractivity contribution in [1.29, 1.82) is 0 Å². The molecule has 3 rings (SSSR count). The molecule has 0 aliphatic heterocycles. The lowest BCUT2D eigenvalue weighted by atomic mass is 9.97. The lowest BCUT2D eigenvalue weighted by Crippen LogP contribution is -2.14. The van der Waals surface area contributed by atoms with Crippen LogP contribution < -0.4 is 10.1 Å². The Balaban J connectivity index is 2.04. The van der Waals surface area contributed by atoms with Crippen LogP contribution in [0.4, 0.5) is 19.0 Å². The van der Waals surface area contributed by atoms with Gasteiger partial charge in [0.05, 0.1) is 24.4 Å². The van der Waals surface area contributed by atoms with Crippen LogP contribution in [0.1, 0.15) is 40.9 Å². The Morgan fingerprint density at radius 2 is 1.82 bits per heavy atom. The van der Waals surface area contributed by atoms with Gasteiger partial charge in [-0.25, -0.2) is 4.98 Å². The van der Waals surface area contributed by atoms with Crippen LogP contribution in [0.25, 0.3) is 10.9 Å². The quantitative estimate of drug-likeness (QED) is 0.668. The predicted molar refractivity (Wildman–Crippen MR) is 102 cm³/mol. The molecule has 0 unspecified atom stereocenters. The number of aromatic nitrogens is 3. The molecule has 2 heterocycles. The number of nitrogens with one attached hydrogen (secondary N) is 1. The van der Waals surface area contributed by atoms with Gasteiger partial charge in [0.1, 0.15) is 5.52 Å². The van der Waals surface area contributed by atoms with Crippen molar-refractivity contribution in [1.82, 2.24) is 15.2 Å². The summed E-state index contributed by atoms with van der Waals surface area (Å²) in [6, 6.07) is 5.66. The van der Waals surface area contributed by atoms with Crippen molar-refractivity contribution in [2.24, 2.45) is 0 Å². The van der Waals surface area contributed by atoms with E-state index >= 15 is 0 Å². The molecule has 2 aromatic heterocycles. The van der Waals surface area contributed by atoms with Crippen LogP contribution in [0.5, 0.6) is 5.88 Å². The number of benzene rings is 1. The molecular formula is C20H21F3N4O. The predicted octanol–water partition coefficient (Wildman–Crippen LogP) is 5.15. The summed E-state index contributed by atoms with van der Waals surface area (Å²) < 4.78 is 44.9. The van der Waals surface area contributed by atoms with E-state index in [1.54, 1.807) is 27.0 Å². The van der Waals surface area contributed by atoms with Gasteiger partial charge in [0.25, 0.3) is 0 Å². The zero-order chi connectivity index (χ0) is 20.6. The Bertz CT molecular complexity index is 1030. The van der Waals surface area contributed by atoms with Gasteiger partial charge in [-0.3, -0.25) is 0 Å². The number of hydrogen-bond acceptors (Lipinski definition) is 5. The zero-order valence-electron chi connectivity index (χ0n) is 16.3. The van der Waals surface area contributed by atoms with E-state index < -0.39 is 17.8 Å². The third-order valence-corrected chi connectivity index (χ3v) is 4.76. The first kappa shape index (κ1) is 19.9. The van der Waals surface area contributed by atoms with Gasteiger partial charge in [-0.15, -0.1) is 5.10 Å². The summed E-state index contributed by atoms with van der Waals surface area (Å²) in [5, 5.41) is 12.3. The van der Waals surface area contributed by atoms with E-state index in [9.17, 15) is 13.2 Å². The molecule has 0 spiro atoms. The summed E-state index contributed by atoms with van der Waals surface area (Å²) in [6.45, 7) is 6.93. The van der Waals surface area contributed by atoms with E-state index in [1.807, 2.05) is 13.0 Å². The summed E-state index contributed by atoms with van der Waals surface area (Å²) in [5.41, 5.74) is 2.20. The standard InChI is InChI=1S/C20H21F3N4O/c1-10-9-15-17(25-19(10)28-5)13(4)26-27-18(15)24-12(3)14-7-6-8-16(11(14)2)20(21,22)23/h6-9,12H,1-5H3,(H,24,27)/t12-/m1/s1. The van der Waals surface area contributed by atoms with Crippen LogP contribution in [0, 0.1) is 20.8 Å². The maximum Gasteiger partial charge on any atom is 0.416 e. The van der Waals surface area contributed by atoms with E-state index in [0.29, 0.717) is 28.5 Å². The van der Waals surface area contributed by atoms with E-state index in [0.717, 1.165) is 17.0 Å². The molecule has 1 aromatic carbocycles. The first-order chi connectivity index (χ1) is 13.1. The molecule has 0 aliphatic rings. The number of hydrogen-bond donors (Lipinski definition) is 1. The molecular weight excluding hydrogens is 369 g/mol. The second-order valence-corrected chi connectivity index (χ2v) is 6.73. The van der Waals surface area contributed by atoms with Crippen molar-refractivity contribution in [2.75, 3.05) is 12.4 Å². The summed E-state index contributed by atoms with van der Waals surface area (Å²) in [4.78, 5) is 4.48. The summed E-state index contributed by atoms with van der Waals surface area (Å²) in [7, 11) is 1.54. The maximum absolute atomic E-state index is 13.2. The number of anilines is 1. The van der Waals surface area contributed by atoms with Crippen molar-refractivity contribution in [3.8, 4) is 5.88 Å². The summed E-state index contributed by atoms with van der Waals surface area (Å²) in [6.07, 6.45) is -4.40. The Kier molecular flexibility index (Phi) is 5.14. The Labute approximate surface area is 161 Å². The van der Waals surface area contributed by atoms with E-state index in [4.69, 9.17) is 4.74 Å². The van der Waals surface area contributed by atoms with Gasteiger partial charge < -0.3 is 10.1 Å². The van der Waals surface area contributed by atoms with Crippen LogP contribution in [0.2, 0.25) is 0 Å². The topological polar surface area (TPSA) is 59.9 Å². The lowest BCUT2D eigenvalue weighted by Gasteiger charge is -2.21. The van der Waals surface area contributed by atoms with E-state index in [1.165, 1.54) is 13.0 Å². The number of nitrogens with zero attached hydrogens (tertiary/aromatic N) is 3. The SMILES string of the molecule is COc1nc2c(C)nnc(N[C@H](C)c3cccc(C(F)(F)F)c3C)c2cc1C. The average molecular weight is 390 g/mol. The van der Waals surface area contributed by atoms with Crippen molar-refractivity contribution in [2.45, 2.75) is 39.9 Å². The fourth-order valence-corrected chi connectivity index (χ4v) is 3.30. The third-order valence-electron chi connectivity index (χ3n) is 4.76. The van der Waals surface area contributed by atoms with Gasteiger partial charge in [-0.1, -0.05) is 12.1 Å². The second kappa shape index (κ2) is 7.26. The molecule has 8 heteroatoms. The molecule has 0 bridgehead atoms. The first-order valence-corrected chi connectivity index (χ1v) is 8.75. The Morgan fingerprint density at radius 1 is 1.11 bits per heavy atom. The highest BCUT2D eigenvalue weighted by Crippen LogP contribution is 2.35. The molecule has 148 valence electrons. The molecule has 0 fully saturated rings. The Morgan fingerprint density at radius 3 is 2.46 bits per heavy atom. The van der Waals surface area contributed by atoms with E-state index in [2.05, 4.69) is 20.5 Å². The number of ether oxygens (including phenoxy) is 1. The average Bonchev–Trinajstić information content (AvgIpc) is 2.63. The molecule has 5 nitrogen and oxygen atoms in total. The zero-order valence-corrected chi connectivity index (χ0v) is 16.3. The number of pyridine rings is 1. The molecule has 0 saturated heterocycles. The fourth-order valence-electron chi connectivity index (χ4n) is 3.30. The number of alkyl halides is 3. The van der Waals surface area contributed by atoms with Crippen molar-refractivity contribution in [3.05, 3.63) is 52.2 Å². The monoisotopic (exact) mass is 390 g/mol. The van der Waals surface area contributed by atoms with Gasteiger partial charge in [-0.2, -0.15) is 18.3 Å². The maximum atomic E-state index is 13.2. The van der Waals surface area contributed by atoms with E-state index in [-0.39, 0.29) is 5.56 Å². The van der Waals surface area contributed by atoms with Gasteiger partial charge in [0.15, 0.2) is 5.82 Å². The smallest absolute Gasteiger partial charge is 0.416 e. The van der Waals surface area contributed by atoms with Gasteiger partial charge >= 0.3 is 6.18 Å². The highest BCUT2D eigenvalue weighted by molar-refractivity contribution is 5.91. The molecule has 28 heavy (non-hydrogen) atoms. The molecule has 0 radical (unpaired) electrons. The van der Waals surface area contributed by atoms with Crippen LogP contribution in [-0.4, -0.2) is 22.3 Å². The minimum Gasteiger partial charge on any atom is -0.481 e. The number of aryl methyl sites for hydroxylation is 2. The van der Waals surface area contributed by atoms with Crippen molar-refractivity contribution in [3.63, 3.8) is 0 Å².